The lowest BCUT2D eigenvalue weighted by Crippen LogP contribution is -1.49. The third-order valence-electron chi connectivity index (χ3n) is 0.204. The van der Waals surface area contributed by atoms with E-state index in [0.717, 1.165) is 7.11 Å². The monoisotopic (exact) mass is 110 g/mol. The van der Waals surface area contributed by atoms with E-state index in [1.807, 2.05) is 6.66 Å². The molecule has 1 N–H and O–H groups in total. The van der Waals surface area contributed by atoms with E-state index in [0.29, 0.717) is 8.81 Å². The fourth-order valence-corrected chi connectivity index (χ4v) is 0. The molecule has 0 aromatic heterocycles. The molecule has 3 heteroatoms. The number of rotatable bonds is 1. The summed E-state index contributed by atoms with van der Waals surface area (Å²) in [5.41, 5.74) is 0. The molecule has 0 aromatic carbocycles. The fourth-order valence-electron chi connectivity index (χ4n) is 0. The van der Waals surface area contributed by atoms with Gasteiger partial charge in [-0.3, -0.25) is 0 Å². The topological polar surface area (TPSA) is 29.5 Å². The Morgan fingerprint density at radius 1 is 1.50 bits per heavy atom. The van der Waals surface area contributed by atoms with Gasteiger partial charge in [0.05, 0.1) is 0 Å². The highest BCUT2D eigenvalue weighted by Crippen LogP contribution is 1.96. The zero-order valence-corrected chi connectivity index (χ0v) is 5.36. The first-order valence-corrected chi connectivity index (χ1v) is 2.97. The van der Waals surface area contributed by atoms with Gasteiger partial charge in [-0.25, -0.2) is 0 Å². The molecule has 6 heavy (non-hydrogen) atoms. The summed E-state index contributed by atoms with van der Waals surface area (Å²) in [6, 6.07) is 0. The van der Waals surface area contributed by atoms with Crippen LogP contribution in [-0.2, 0) is 4.52 Å². The minimum absolute atomic E-state index is 0.640. The molecule has 0 aliphatic carbocycles. The average molecular weight is 110 g/mol. The molecule has 0 aromatic rings. The second-order valence-electron chi connectivity index (χ2n) is 0.408. The van der Waals surface area contributed by atoms with E-state index in [-0.39, 0.29) is 0 Å². The predicted octanol–water partition coefficient (Wildman–Crippen LogP) is 0.465. The van der Waals surface area contributed by atoms with Crippen molar-refractivity contribution < 1.29 is 9.63 Å². The predicted molar refractivity (Wildman–Crippen MR) is 29.4 cm³/mol. The molecule has 2 nitrogen and oxygen atoms in total. The van der Waals surface area contributed by atoms with Gasteiger partial charge in [-0.1, -0.05) is 0 Å². The van der Waals surface area contributed by atoms with Crippen molar-refractivity contribution in [1.29, 1.82) is 0 Å². The number of aliphatic hydroxyl groups excluding tert-OH is 1. The molecule has 0 heterocycles. The van der Waals surface area contributed by atoms with E-state index in [1.165, 1.54) is 0 Å². The lowest BCUT2D eigenvalue weighted by molar-refractivity contribution is 0.399. The Balaban J connectivity index is 0. The van der Waals surface area contributed by atoms with Crippen LogP contribution in [0.4, 0.5) is 0 Å². The van der Waals surface area contributed by atoms with E-state index < -0.39 is 0 Å². The van der Waals surface area contributed by atoms with E-state index in [1.54, 1.807) is 7.11 Å². The van der Waals surface area contributed by atoms with Crippen LogP contribution < -0.4 is 0 Å². The van der Waals surface area contributed by atoms with Gasteiger partial charge in [-0.05, 0) is 6.66 Å². The molecule has 0 saturated carbocycles. The van der Waals surface area contributed by atoms with Gasteiger partial charge in [-0.15, -0.1) is 0 Å². The Morgan fingerprint density at radius 2 is 1.67 bits per heavy atom. The third kappa shape index (κ3) is 26.8. The molecule has 0 rings (SSSR count). The van der Waals surface area contributed by atoms with Crippen molar-refractivity contribution >= 4 is 8.81 Å². The Morgan fingerprint density at radius 3 is 1.67 bits per heavy atom. The first kappa shape index (κ1) is 9.61. The highest BCUT2D eigenvalue weighted by molar-refractivity contribution is 7.31. The minimum atomic E-state index is 0.640. The van der Waals surface area contributed by atoms with Crippen LogP contribution in [0.15, 0.2) is 0 Å². The van der Waals surface area contributed by atoms with Crippen LogP contribution in [-0.4, -0.2) is 26.0 Å². The lowest BCUT2D eigenvalue weighted by Gasteiger charge is -1.76. The Labute approximate surface area is 40.4 Å². The van der Waals surface area contributed by atoms with Gasteiger partial charge in [-0.2, -0.15) is 0 Å². The molecular weight excluding hydrogens is 99.0 g/mol. The quantitative estimate of drug-likeness (QED) is 0.497. The summed E-state index contributed by atoms with van der Waals surface area (Å²) in [6.07, 6.45) is 0. The number of hydrogen-bond donors (Lipinski definition) is 1. The van der Waals surface area contributed by atoms with Crippen molar-refractivity contribution in [2.24, 2.45) is 0 Å². The summed E-state index contributed by atoms with van der Waals surface area (Å²) in [5, 5.41) is 7.00. The van der Waals surface area contributed by atoms with Crippen LogP contribution >= 0.6 is 8.81 Å². The fraction of sp³-hybridized carbons (Fsp3) is 1.00. The van der Waals surface area contributed by atoms with E-state index in [9.17, 15) is 0 Å². The van der Waals surface area contributed by atoms with Crippen LogP contribution in [0.1, 0.15) is 0 Å². The second kappa shape index (κ2) is 18.3. The Hall–Kier alpha value is 0.350. The molecule has 0 aliphatic rings. The van der Waals surface area contributed by atoms with Crippen LogP contribution in [0.5, 0.6) is 0 Å². The Kier molecular flexibility index (Phi) is 29.3. The molecule has 1 atom stereocenters. The normalized spacial score (nSPS) is 8.00. The first-order chi connectivity index (χ1) is 2.91. The van der Waals surface area contributed by atoms with E-state index in [2.05, 4.69) is 4.52 Å². The largest absolute Gasteiger partial charge is 0.400 e. The van der Waals surface area contributed by atoms with E-state index >= 15 is 0 Å². The highest BCUT2D eigenvalue weighted by atomic mass is 31.1. The van der Waals surface area contributed by atoms with Crippen molar-refractivity contribution in [2.75, 3.05) is 20.9 Å². The molecule has 1 unspecified atom stereocenters. The zero-order valence-electron chi connectivity index (χ0n) is 4.36. The number of aliphatic hydroxyl groups is 1. The van der Waals surface area contributed by atoms with Crippen molar-refractivity contribution in [3.05, 3.63) is 0 Å². The molecule has 0 spiro atoms. The molecule has 0 aliphatic heterocycles. The van der Waals surface area contributed by atoms with Gasteiger partial charge in [0.1, 0.15) is 0 Å². The summed E-state index contributed by atoms with van der Waals surface area (Å²) in [4.78, 5) is 0. The van der Waals surface area contributed by atoms with Crippen LogP contribution in [0.25, 0.3) is 0 Å². The molecule has 0 radical (unpaired) electrons. The van der Waals surface area contributed by atoms with Gasteiger partial charge in [0, 0.05) is 23.0 Å². The average Bonchev–Trinajstić information content (AvgIpc) is 1.72. The SMILES string of the molecule is CO.COPC. The van der Waals surface area contributed by atoms with Crippen LogP contribution in [0, 0.1) is 0 Å². The minimum Gasteiger partial charge on any atom is -0.400 e. The maximum atomic E-state index is 7.00. The first-order valence-electron chi connectivity index (χ1n) is 1.56. The van der Waals surface area contributed by atoms with Crippen molar-refractivity contribution in [2.45, 2.75) is 0 Å². The van der Waals surface area contributed by atoms with Gasteiger partial charge >= 0.3 is 0 Å². The molecule has 0 amide bonds. The van der Waals surface area contributed by atoms with Crippen molar-refractivity contribution in [3.8, 4) is 0 Å². The third-order valence-corrected chi connectivity index (χ3v) is 0.612. The molecule has 40 valence electrons. The molecule has 0 fully saturated rings. The summed E-state index contributed by atoms with van der Waals surface area (Å²) < 4.78 is 4.57. The van der Waals surface area contributed by atoms with Crippen LogP contribution in [0.3, 0.4) is 0 Å². The summed E-state index contributed by atoms with van der Waals surface area (Å²) in [6.45, 7) is 1.99. The summed E-state index contributed by atoms with van der Waals surface area (Å²) in [7, 11) is 3.33. The summed E-state index contributed by atoms with van der Waals surface area (Å²) in [5.74, 6) is 0. The van der Waals surface area contributed by atoms with Crippen molar-refractivity contribution in [1.82, 2.24) is 0 Å². The maximum absolute atomic E-state index is 7.00. The smallest absolute Gasteiger partial charge is 0.0394 e. The van der Waals surface area contributed by atoms with Crippen LogP contribution in [0.2, 0.25) is 0 Å². The van der Waals surface area contributed by atoms with Gasteiger partial charge in [0.15, 0.2) is 0 Å². The van der Waals surface area contributed by atoms with Gasteiger partial charge < -0.3 is 9.63 Å². The number of hydrogen-bond acceptors (Lipinski definition) is 2. The molecular formula is C3H11O2P. The molecule has 0 bridgehead atoms. The summed E-state index contributed by atoms with van der Waals surface area (Å²) >= 11 is 0. The Bertz CT molecular complexity index is 10.8. The van der Waals surface area contributed by atoms with E-state index in [4.69, 9.17) is 5.11 Å². The molecule has 0 saturated heterocycles. The van der Waals surface area contributed by atoms with Crippen molar-refractivity contribution in [3.63, 3.8) is 0 Å². The van der Waals surface area contributed by atoms with Gasteiger partial charge in [0.2, 0.25) is 0 Å². The standard InChI is InChI=1S/C2H7OP.CH4O/c1-3-4-2;1-2/h4H,1-2H3;2H,1H3. The lowest BCUT2D eigenvalue weighted by atomic mass is 11.8. The maximum Gasteiger partial charge on any atom is 0.0394 e. The second-order valence-corrected chi connectivity index (χ2v) is 1.22. The highest BCUT2D eigenvalue weighted by Gasteiger charge is 1.51. The van der Waals surface area contributed by atoms with Gasteiger partial charge in [0.25, 0.3) is 0 Å². The zero-order chi connectivity index (χ0) is 5.41.